The van der Waals surface area contributed by atoms with E-state index in [4.69, 9.17) is 4.74 Å². The van der Waals surface area contributed by atoms with E-state index >= 15 is 0 Å². The fourth-order valence-corrected chi connectivity index (χ4v) is 3.54. The summed E-state index contributed by atoms with van der Waals surface area (Å²) in [7, 11) is 0. The Hall–Kier alpha value is -1.73. The highest BCUT2D eigenvalue weighted by Gasteiger charge is 2.24. The molecule has 0 unspecified atom stereocenters. The minimum atomic E-state index is 0.439. The summed E-state index contributed by atoms with van der Waals surface area (Å²) >= 11 is 0. The lowest BCUT2D eigenvalue weighted by molar-refractivity contribution is 0.0542. The van der Waals surface area contributed by atoms with E-state index in [9.17, 15) is 0 Å². The lowest BCUT2D eigenvalue weighted by Gasteiger charge is -2.25. The Morgan fingerprint density at radius 3 is 2.96 bits per heavy atom. The summed E-state index contributed by atoms with van der Waals surface area (Å²) in [6, 6.07) is 0.439. The molecule has 1 aliphatic heterocycles. The van der Waals surface area contributed by atoms with E-state index in [1.165, 1.54) is 24.8 Å². The van der Waals surface area contributed by atoms with Crippen molar-refractivity contribution < 1.29 is 4.74 Å². The van der Waals surface area contributed by atoms with Crippen molar-refractivity contribution in [3.8, 4) is 0 Å². The van der Waals surface area contributed by atoms with Crippen LogP contribution in [-0.2, 0) is 30.9 Å². The van der Waals surface area contributed by atoms with E-state index < -0.39 is 0 Å². The summed E-state index contributed by atoms with van der Waals surface area (Å²) in [5.41, 5.74) is 1.23. The number of fused-ring (bicyclic) bond motifs is 1. The van der Waals surface area contributed by atoms with Crippen LogP contribution in [0.4, 0.5) is 0 Å². The molecule has 0 bridgehead atoms. The topological polar surface area (TPSA) is 71.9 Å². The summed E-state index contributed by atoms with van der Waals surface area (Å²) in [6.07, 6.45) is 8.79. The Morgan fingerprint density at radius 1 is 1.29 bits per heavy atom. The molecule has 1 atom stereocenters. The van der Waals surface area contributed by atoms with Crippen LogP contribution < -0.4 is 0 Å². The number of ether oxygens (including phenoxy) is 1. The fraction of sp³-hybridized carbons (Fsp3) is 0.706. The first-order chi connectivity index (χ1) is 11.8. The highest BCUT2D eigenvalue weighted by atomic mass is 16.5. The Kier molecular flexibility index (Phi) is 4.62. The molecule has 4 rings (SSSR count). The van der Waals surface area contributed by atoms with Crippen LogP contribution in [0.15, 0.2) is 12.4 Å². The first-order valence-corrected chi connectivity index (χ1v) is 9.00. The van der Waals surface area contributed by atoms with Gasteiger partial charge in [-0.1, -0.05) is 6.42 Å². The van der Waals surface area contributed by atoms with E-state index in [2.05, 4.69) is 36.8 Å². The van der Waals surface area contributed by atoms with Crippen LogP contribution in [-0.4, -0.2) is 49.1 Å². The molecule has 3 heterocycles. The zero-order valence-electron chi connectivity index (χ0n) is 14.3. The smallest absolute Gasteiger partial charge is 0.159 e. The second kappa shape index (κ2) is 7.03. The molecule has 7 nitrogen and oxygen atoms in total. The monoisotopic (exact) mass is 330 g/mol. The average molecular weight is 330 g/mol. The van der Waals surface area contributed by atoms with Gasteiger partial charge in [0.2, 0.25) is 0 Å². The van der Waals surface area contributed by atoms with Gasteiger partial charge in [0, 0.05) is 50.5 Å². The van der Waals surface area contributed by atoms with Crippen LogP contribution in [0.3, 0.4) is 0 Å². The highest BCUT2D eigenvalue weighted by molar-refractivity contribution is 5.05. The highest BCUT2D eigenvalue weighted by Crippen LogP contribution is 2.26. The fourth-order valence-electron chi connectivity index (χ4n) is 3.54. The first-order valence-electron chi connectivity index (χ1n) is 9.00. The second-order valence-electron chi connectivity index (χ2n) is 7.13. The number of aromatic nitrogens is 5. The summed E-state index contributed by atoms with van der Waals surface area (Å²) in [6.45, 7) is 6.55. The minimum Gasteiger partial charge on any atom is -0.373 e. The van der Waals surface area contributed by atoms with Gasteiger partial charge in [-0.15, -0.1) is 10.2 Å². The number of rotatable bonds is 6. The SMILES string of the molecule is C[C@H]1Cc2nnc(COCC3CCC3)n2CCN1Cc1cn[nH]c1. The number of hydrogen-bond acceptors (Lipinski definition) is 5. The first kappa shape index (κ1) is 15.8. The number of nitrogens with one attached hydrogen (secondary N) is 1. The van der Waals surface area contributed by atoms with Crippen LogP contribution >= 0.6 is 0 Å². The third kappa shape index (κ3) is 3.37. The molecule has 2 aliphatic rings. The zero-order valence-corrected chi connectivity index (χ0v) is 14.3. The van der Waals surface area contributed by atoms with E-state index in [1.54, 1.807) is 0 Å². The van der Waals surface area contributed by atoms with Crippen molar-refractivity contribution in [3.05, 3.63) is 29.6 Å². The second-order valence-corrected chi connectivity index (χ2v) is 7.13. The van der Waals surface area contributed by atoms with Gasteiger partial charge in [0.1, 0.15) is 12.4 Å². The summed E-state index contributed by atoms with van der Waals surface area (Å²) in [5, 5.41) is 15.7. The third-order valence-corrected chi connectivity index (χ3v) is 5.37. The Morgan fingerprint density at radius 2 is 2.21 bits per heavy atom. The van der Waals surface area contributed by atoms with Crippen LogP contribution in [0.1, 0.15) is 43.4 Å². The molecule has 0 aromatic carbocycles. The Labute approximate surface area is 142 Å². The Balaban J connectivity index is 1.37. The van der Waals surface area contributed by atoms with Gasteiger partial charge in [-0.2, -0.15) is 5.10 Å². The summed E-state index contributed by atoms with van der Waals surface area (Å²) in [5.74, 6) is 2.82. The maximum absolute atomic E-state index is 5.88. The van der Waals surface area contributed by atoms with Gasteiger partial charge in [0.15, 0.2) is 5.82 Å². The molecule has 24 heavy (non-hydrogen) atoms. The van der Waals surface area contributed by atoms with Crippen LogP contribution in [0.2, 0.25) is 0 Å². The van der Waals surface area contributed by atoms with Crippen LogP contribution in [0.5, 0.6) is 0 Å². The minimum absolute atomic E-state index is 0.439. The molecular weight excluding hydrogens is 304 g/mol. The number of aromatic amines is 1. The van der Waals surface area contributed by atoms with Gasteiger partial charge in [0.05, 0.1) is 6.20 Å². The number of nitrogens with zero attached hydrogens (tertiary/aromatic N) is 5. The van der Waals surface area contributed by atoms with Crippen LogP contribution in [0.25, 0.3) is 0 Å². The normalized spacial score (nSPS) is 22.1. The molecular formula is C17H26N6O. The van der Waals surface area contributed by atoms with Gasteiger partial charge in [0.25, 0.3) is 0 Å². The number of hydrogen-bond donors (Lipinski definition) is 1. The van der Waals surface area contributed by atoms with Gasteiger partial charge < -0.3 is 9.30 Å². The van der Waals surface area contributed by atoms with Crippen molar-refractivity contribution in [2.45, 2.75) is 58.3 Å². The van der Waals surface area contributed by atoms with E-state index in [0.717, 1.165) is 50.2 Å². The van der Waals surface area contributed by atoms with Gasteiger partial charge in [-0.05, 0) is 25.7 Å². The maximum atomic E-state index is 5.88. The van der Waals surface area contributed by atoms with Crippen molar-refractivity contribution in [1.29, 1.82) is 0 Å². The van der Waals surface area contributed by atoms with Gasteiger partial charge in [-0.3, -0.25) is 10.00 Å². The van der Waals surface area contributed by atoms with Gasteiger partial charge >= 0.3 is 0 Å². The van der Waals surface area contributed by atoms with Crippen molar-refractivity contribution >= 4 is 0 Å². The van der Waals surface area contributed by atoms with Crippen LogP contribution in [0, 0.1) is 5.92 Å². The molecule has 1 aliphatic carbocycles. The lowest BCUT2D eigenvalue weighted by atomic mass is 9.86. The molecule has 1 saturated carbocycles. The quantitative estimate of drug-likeness (QED) is 0.874. The van der Waals surface area contributed by atoms with E-state index in [-0.39, 0.29) is 0 Å². The van der Waals surface area contributed by atoms with Gasteiger partial charge in [-0.25, -0.2) is 0 Å². The molecule has 0 spiro atoms. The molecule has 7 heteroatoms. The molecule has 0 saturated heterocycles. The maximum Gasteiger partial charge on any atom is 0.159 e. The molecule has 2 aromatic rings. The number of H-pyrrole nitrogens is 1. The lowest BCUT2D eigenvalue weighted by Crippen LogP contribution is -2.34. The molecule has 0 radical (unpaired) electrons. The predicted molar refractivity (Wildman–Crippen MR) is 89.2 cm³/mol. The van der Waals surface area contributed by atoms with Crippen molar-refractivity contribution in [2.24, 2.45) is 5.92 Å². The third-order valence-electron chi connectivity index (χ3n) is 5.37. The molecule has 1 N–H and O–H groups in total. The molecule has 0 amide bonds. The Bertz CT molecular complexity index is 648. The summed E-state index contributed by atoms with van der Waals surface area (Å²) < 4.78 is 8.14. The standard InChI is InChI=1S/C17H26N6O/c1-13-7-16-20-21-17(12-24-11-14-3-2-4-14)23(16)6-5-22(13)10-15-8-18-19-9-15/h8-9,13-14H,2-7,10-12H2,1H3,(H,18,19)/t13-/m0/s1. The zero-order chi connectivity index (χ0) is 16.4. The molecule has 2 aromatic heterocycles. The van der Waals surface area contributed by atoms with Crippen molar-refractivity contribution in [1.82, 2.24) is 29.9 Å². The molecule has 130 valence electrons. The summed E-state index contributed by atoms with van der Waals surface area (Å²) in [4.78, 5) is 2.48. The van der Waals surface area contributed by atoms with E-state index in [0.29, 0.717) is 12.6 Å². The van der Waals surface area contributed by atoms with Crippen molar-refractivity contribution in [2.75, 3.05) is 13.2 Å². The largest absolute Gasteiger partial charge is 0.373 e. The molecule has 1 fully saturated rings. The average Bonchev–Trinajstić information content (AvgIpc) is 3.13. The predicted octanol–water partition coefficient (Wildman–Crippen LogP) is 1.76. The van der Waals surface area contributed by atoms with E-state index in [1.807, 2.05) is 12.4 Å². The van der Waals surface area contributed by atoms with Crippen molar-refractivity contribution in [3.63, 3.8) is 0 Å².